The van der Waals surface area contributed by atoms with Crippen LogP contribution in [0.4, 0.5) is 0 Å². The van der Waals surface area contributed by atoms with Crippen LogP contribution < -0.4 is 0 Å². The molecule has 0 saturated heterocycles. The van der Waals surface area contributed by atoms with Gasteiger partial charge in [-0.15, -0.1) is 11.3 Å². The molecule has 1 heteroatoms. The third kappa shape index (κ3) is 4.51. The number of fused-ring (bicyclic) bond motifs is 6. The van der Waals surface area contributed by atoms with E-state index in [0.29, 0.717) is 0 Å². The second-order valence-electron chi connectivity index (χ2n) is 12.8. The summed E-state index contributed by atoms with van der Waals surface area (Å²) in [5, 5.41) is 10.3. The van der Waals surface area contributed by atoms with E-state index < -0.39 is 0 Å². The summed E-state index contributed by atoms with van der Waals surface area (Å²) in [5.41, 5.74) is 10.1. The first kappa shape index (κ1) is 28.0. The smallest absolute Gasteiger partial charge is 0.0433 e. The summed E-state index contributed by atoms with van der Waals surface area (Å²) in [6.45, 7) is 0. The van der Waals surface area contributed by atoms with Gasteiger partial charge in [-0.1, -0.05) is 164 Å². The molecule has 0 N–H and O–H groups in total. The molecule has 10 rings (SSSR count). The van der Waals surface area contributed by atoms with Crippen molar-refractivity contribution in [2.24, 2.45) is 0 Å². The topological polar surface area (TPSA) is 0 Å². The van der Waals surface area contributed by atoms with Crippen LogP contribution in [-0.4, -0.2) is 0 Å². The van der Waals surface area contributed by atoms with Crippen LogP contribution >= 0.6 is 11.3 Å². The molecule has 0 spiro atoms. The van der Waals surface area contributed by atoms with E-state index in [1.807, 2.05) is 11.3 Å². The molecule has 1 aromatic heterocycles. The first-order chi connectivity index (χ1) is 24.3. The number of hydrogen-bond acceptors (Lipinski definition) is 1. The van der Waals surface area contributed by atoms with Gasteiger partial charge in [-0.2, -0.15) is 0 Å². The maximum Gasteiger partial charge on any atom is 0.0433 e. The Bertz CT molecular complexity index is 2820. The van der Waals surface area contributed by atoms with E-state index in [0.717, 1.165) is 0 Å². The normalized spacial score (nSPS) is 11.7. The Kier molecular flexibility index (Phi) is 6.47. The highest BCUT2D eigenvalue weighted by atomic mass is 32.1. The van der Waals surface area contributed by atoms with Crippen LogP contribution in [0.1, 0.15) is 0 Å². The lowest BCUT2D eigenvalue weighted by Crippen LogP contribution is -1.92. The second-order valence-corrected chi connectivity index (χ2v) is 13.9. The Morgan fingerprint density at radius 1 is 0.286 bits per heavy atom. The SMILES string of the molecule is c1ccc(-c2ccc3cccc(-c4c5ccccc5c(-c5cccc(-c6cccc7c6sc6ccccc67)c5)c5ccccc45)c3c2)cc1. The third-order valence-corrected chi connectivity index (χ3v) is 11.3. The maximum atomic E-state index is 2.40. The summed E-state index contributed by atoms with van der Waals surface area (Å²) >= 11 is 1.89. The van der Waals surface area contributed by atoms with Crippen molar-refractivity contribution in [3.63, 3.8) is 0 Å². The Balaban J connectivity index is 1.23. The number of hydrogen-bond donors (Lipinski definition) is 0. The van der Waals surface area contributed by atoms with Gasteiger partial charge >= 0.3 is 0 Å². The molecular formula is C48H30S. The van der Waals surface area contributed by atoms with Crippen molar-refractivity contribution in [1.29, 1.82) is 0 Å². The molecule has 0 amide bonds. The fourth-order valence-corrected chi connectivity index (χ4v) is 9.09. The average Bonchev–Trinajstić information content (AvgIpc) is 3.56. The molecule has 10 aromatic rings. The van der Waals surface area contributed by atoms with Crippen molar-refractivity contribution < 1.29 is 0 Å². The molecule has 228 valence electrons. The summed E-state index contributed by atoms with van der Waals surface area (Å²) in [5.74, 6) is 0. The predicted octanol–water partition coefficient (Wildman–Crippen LogP) is 14.2. The van der Waals surface area contributed by atoms with Crippen molar-refractivity contribution in [3.05, 3.63) is 182 Å². The van der Waals surface area contributed by atoms with Gasteiger partial charge in [-0.25, -0.2) is 0 Å². The molecule has 0 aliphatic heterocycles. The molecule has 49 heavy (non-hydrogen) atoms. The van der Waals surface area contributed by atoms with E-state index in [1.165, 1.54) is 97.0 Å². The molecule has 0 aliphatic carbocycles. The first-order valence-corrected chi connectivity index (χ1v) is 17.7. The van der Waals surface area contributed by atoms with Gasteiger partial charge in [-0.05, 0) is 95.0 Å². The van der Waals surface area contributed by atoms with E-state index in [4.69, 9.17) is 0 Å². The lowest BCUT2D eigenvalue weighted by molar-refractivity contribution is 1.63. The molecule has 0 aliphatic rings. The maximum absolute atomic E-state index is 2.40. The first-order valence-electron chi connectivity index (χ1n) is 16.8. The highest BCUT2D eigenvalue weighted by Crippen LogP contribution is 2.47. The largest absolute Gasteiger partial charge is 0.135 e. The third-order valence-electron chi connectivity index (χ3n) is 10.1. The quantitative estimate of drug-likeness (QED) is 0.168. The lowest BCUT2D eigenvalue weighted by atomic mass is 9.84. The zero-order chi connectivity index (χ0) is 32.3. The van der Waals surface area contributed by atoms with Gasteiger partial charge in [0.25, 0.3) is 0 Å². The summed E-state index contributed by atoms with van der Waals surface area (Å²) in [6.07, 6.45) is 0. The van der Waals surface area contributed by atoms with E-state index in [-0.39, 0.29) is 0 Å². The monoisotopic (exact) mass is 638 g/mol. The van der Waals surface area contributed by atoms with Crippen LogP contribution in [0.25, 0.3) is 97.0 Å². The van der Waals surface area contributed by atoms with Gasteiger partial charge in [-0.3, -0.25) is 0 Å². The van der Waals surface area contributed by atoms with Crippen LogP contribution in [0.2, 0.25) is 0 Å². The Labute approximate surface area is 289 Å². The minimum absolute atomic E-state index is 1.23. The minimum Gasteiger partial charge on any atom is -0.135 e. The Morgan fingerprint density at radius 3 is 1.63 bits per heavy atom. The molecule has 0 saturated carbocycles. The predicted molar refractivity (Wildman–Crippen MR) is 214 cm³/mol. The molecule has 9 aromatic carbocycles. The average molecular weight is 639 g/mol. The van der Waals surface area contributed by atoms with Crippen molar-refractivity contribution in [2.45, 2.75) is 0 Å². The molecule has 0 nitrogen and oxygen atoms in total. The second kappa shape index (κ2) is 11.3. The van der Waals surface area contributed by atoms with Crippen LogP contribution in [0.3, 0.4) is 0 Å². The molecular weight excluding hydrogens is 609 g/mol. The zero-order valence-corrected chi connectivity index (χ0v) is 27.5. The van der Waals surface area contributed by atoms with Crippen molar-refractivity contribution in [3.8, 4) is 44.5 Å². The fourth-order valence-electron chi connectivity index (χ4n) is 7.85. The molecule has 0 bridgehead atoms. The van der Waals surface area contributed by atoms with Crippen LogP contribution in [0.15, 0.2) is 182 Å². The van der Waals surface area contributed by atoms with E-state index in [1.54, 1.807) is 0 Å². The minimum atomic E-state index is 1.23. The summed E-state index contributed by atoms with van der Waals surface area (Å²) in [7, 11) is 0. The van der Waals surface area contributed by atoms with Gasteiger partial charge in [0.1, 0.15) is 0 Å². The summed E-state index contributed by atoms with van der Waals surface area (Å²) < 4.78 is 2.68. The van der Waals surface area contributed by atoms with Crippen LogP contribution in [0, 0.1) is 0 Å². The number of benzene rings is 9. The van der Waals surface area contributed by atoms with Gasteiger partial charge in [0.05, 0.1) is 0 Å². The van der Waals surface area contributed by atoms with Crippen molar-refractivity contribution in [1.82, 2.24) is 0 Å². The van der Waals surface area contributed by atoms with Gasteiger partial charge < -0.3 is 0 Å². The molecule has 0 atom stereocenters. The summed E-state index contributed by atoms with van der Waals surface area (Å²) in [4.78, 5) is 0. The number of rotatable bonds is 4. The Hall–Kier alpha value is -6.02. The van der Waals surface area contributed by atoms with Gasteiger partial charge in [0.15, 0.2) is 0 Å². The fraction of sp³-hybridized carbons (Fsp3) is 0. The lowest BCUT2D eigenvalue weighted by Gasteiger charge is -2.19. The standard InChI is InChI=1S/C48H30S/c1-2-13-31(14-3-1)33-28-27-32-15-11-24-42(44(32)30-33)47-40-21-6-4-19-38(40)46(39-20-5-7-22-41(39)47)35-17-10-16-34(29-35)36-23-12-25-43-37-18-8-9-26-45(37)49-48(36)43/h1-30H. The van der Waals surface area contributed by atoms with Gasteiger partial charge in [0.2, 0.25) is 0 Å². The van der Waals surface area contributed by atoms with E-state index >= 15 is 0 Å². The number of thiophene rings is 1. The van der Waals surface area contributed by atoms with E-state index in [9.17, 15) is 0 Å². The Morgan fingerprint density at radius 2 is 0.857 bits per heavy atom. The zero-order valence-electron chi connectivity index (χ0n) is 26.7. The van der Waals surface area contributed by atoms with Crippen LogP contribution in [-0.2, 0) is 0 Å². The van der Waals surface area contributed by atoms with E-state index in [2.05, 4.69) is 182 Å². The molecule has 1 heterocycles. The molecule has 0 fully saturated rings. The van der Waals surface area contributed by atoms with Crippen LogP contribution in [0.5, 0.6) is 0 Å². The summed E-state index contributed by atoms with van der Waals surface area (Å²) in [6, 6.07) is 67.0. The highest BCUT2D eigenvalue weighted by molar-refractivity contribution is 7.26. The van der Waals surface area contributed by atoms with Crippen molar-refractivity contribution in [2.75, 3.05) is 0 Å². The highest BCUT2D eigenvalue weighted by Gasteiger charge is 2.19. The van der Waals surface area contributed by atoms with Gasteiger partial charge in [0, 0.05) is 20.2 Å². The molecule has 0 radical (unpaired) electrons. The molecule has 0 unspecified atom stereocenters. The van der Waals surface area contributed by atoms with Crippen molar-refractivity contribution >= 4 is 63.8 Å².